The van der Waals surface area contributed by atoms with Crippen LogP contribution >= 0.6 is 0 Å². The van der Waals surface area contributed by atoms with Crippen molar-refractivity contribution in [3.05, 3.63) is 0 Å². The van der Waals surface area contributed by atoms with E-state index in [0.717, 1.165) is 26.7 Å². The Kier molecular flexibility index (Phi) is 22.8. The molecular weight excluding hydrogens is 678 g/mol. The van der Waals surface area contributed by atoms with Gasteiger partial charge in [-0.25, -0.2) is 5.48 Å². The topological polar surface area (TPSA) is 222 Å². The van der Waals surface area contributed by atoms with Crippen molar-refractivity contribution in [1.82, 2.24) is 16.1 Å². The Morgan fingerprint density at radius 2 is 1.31 bits per heavy atom. The van der Waals surface area contributed by atoms with Gasteiger partial charge in [-0.1, -0.05) is 26.7 Å². The van der Waals surface area contributed by atoms with E-state index in [-0.39, 0.29) is 71.1 Å². The van der Waals surface area contributed by atoms with E-state index in [4.69, 9.17) is 42.7 Å². The zero-order valence-electron chi connectivity index (χ0n) is 30.9. The number of rotatable bonds is 26. The van der Waals surface area contributed by atoms with Crippen LogP contribution in [0.5, 0.6) is 0 Å². The number of amides is 3. The molecule has 1 rings (SSSR count). The number of nitrogens with one attached hydrogen (secondary N) is 3. The summed E-state index contributed by atoms with van der Waals surface area (Å²) in [7, 11) is 0. The van der Waals surface area contributed by atoms with Crippen molar-refractivity contribution >= 4 is 35.6 Å². The van der Waals surface area contributed by atoms with Gasteiger partial charge in [0, 0.05) is 47.6 Å². The minimum atomic E-state index is -1.22. The first-order chi connectivity index (χ1) is 24.2. The Bertz CT molecular complexity index is 1090. The van der Waals surface area contributed by atoms with Crippen LogP contribution in [0.15, 0.2) is 0 Å². The third-order valence-electron chi connectivity index (χ3n) is 7.18. The fourth-order valence-corrected chi connectivity index (χ4v) is 5.24. The third kappa shape index (κ3) is 19.7. The van der Waals surface area contributed by atoms with E-state index < -0.39 is 60.1 Å². The molecule has 1 fully saturated rings. The van der Waals surface area contributed by atoms with Crippen LogP contribution in [0, 0.1) is 0 Å². The predicted octanol–water partition coefficient (Wildman–Crippen LogP) is 0.622. The fraction of sp³-hybridized carbons (Fsp3) is 0.818. The number of hydrogen-bond acceptors (Lipinski definition) is 15. The summed E-state index contributed by atoms with van der Waals surface area (Å²) in [6, 6.07) is -1.07. The van der Waals surface area contributed by atoms with Crippen molar-refractivity contribution < 1.29 is 71.5 Å². The van der Waals surface area contributed by atoms with Crippen molar-refractivity contribution in [2.45, 2.75) is 117 Å². The molecule has 3 N–H and O–H groups in total. The molecule has 0 spiro atoms. The summed E-state index contributed by atoms with van der Waals surface area (Å²) in [5, 5.41) is 5.38. The first-order valence-corrected chi connectivity index (χ1v) is 17.2. The largest absolute Gasteiger partial charge is 0.463 e. The standard InChI is InChI=1S/C33H57N3O15/c1-8-11-33(12-9-2,51-36-23(4)38)21-45-14-10-28(42)34-13-15-43-16-17-44-18-19-46-32-29(35-22(3)37)31(49-26(7)41)30(48-25(6)40)27(50-32)20-47-24(5)39/h27,29-32H,8-21H2,1-7H3,(H,34,42)(H,35,37)(H,36,38). The van der Waals surface area contributed by atoms with E-state index in [1.165, 1.54) is 20.8 Å². The first-order valence-electron chi connectivity index (χ1n) is 17.2. The molecule has 3 amide bonds. The summed E-state index contributed by atoms with van der Waals surface area (Å²) in [5.41, 5.74) is 1.78. The van der Waals surface area contributed by atoms with Crippen molar-refractivity contribution in [1.29, 1.82) is 0 Å². The molecule has 18 heteroatoms. The van der Waals surface area contributed by atoms with Crippen LogP contribution in [0.3, 0.4) is 0 Å². The monoisotopic (exact) mass is 735 g/mol. The normalized spacial score (nSPS) is 20.2. The van der Waals surface area contributed by atoms with Crippen LogP contribution in [0.2, 0.25) is 0 Å². The highest BCUT2D eigenvalue weighted by atomic mass is 16.7. The Balaban J connectivity index is 2.46. The Morgan fingerprint density at radius 3 is 1.88 bits per heavy atom. The van der Waals surface area contributed by atoms with Gasteiger partial charge in [0.25, 0.3) is 0 Å². The van der Waals surface area contributed by atoms with E-state index in [0.29, 0.717) is 19.4 Å². The molecule has 0 saturated carbocycles. The molecule has 5 unspecified atom stereocenters. The Hall–Kier alpha value is -3.42. The summed E-state index contributed by atoms with van der Waals surface area (Å²) in [6.45, 7) is 11.4. The molecular formula is C33H57N3O15. The zero-order valence-corrected chi connectivity index (χ0v) is 30.9. The molecule has 5 atom stereocenters. The lowest BCUT2D eigenvalue weighted by atomic mass is 9.93. The summed E-state index contributed by atoms with van der Waals surface area (Å²) in [5.74, 6) is -3.00. The van der Waals surface area contributed by atoms with Crippen LogP contribution in [-0.4, -0.2) is 131 Å². The maximum absolute atomic E-state index is 12.2. The van der Waals surface area contributed by atoms with Gasteiger partial charge in [-0.15, -0.1) is 0 Å². The predicted molar refractivity (Wildman–Crippen MR) is 177 cm³/mol. The maximum Gasteiger partial charge on any atom is 0.303 e. The lowest BCUT2D eigenvalue weighted by Gasteiger charge is -2.44. The lowest BCUT2D eigenvalue weighted by molar-refractivity contribution is -0.279. The average Bonchev–Trinajstić information content (AvgIpc) is 3.04. The van der Waals surface area contributed by atoms with Gasteiger partial charge in [-0.05, 0) is 12.8 Å². The van der Waals surface area contributed by atoms with E-state index in [2.05, 4.69) is 16.1 Å². The van der Waals surface area contributed by atoms with Gasteiger partial charge in [-0.2, -0.15) is 0 Å². The summed E-state index contributed by atoms with van der Waals surface area (Å²) in [4.78, 5) is 76.5. The van der Waals surface area contributed by atoms with Crippen molar-refractivity contribution in [2.75, 3.05) is 59.4 Å². The minimum Gasteiger partial charge on any atom is -0.463 e. The number of hydroxylamine groups is 1. The third-order valence-corrected chi connectivity index (χ3v) is 7.18. The molecule has 51 heavy (non-hydrogen) atoms. The highest BCUT2D eigenvalue weighted by Gasteiger charge is 2.51. The summed E-state index contributed by atoms with van der Waals surface area (Å²) < 4.78 is 44.4. The number of esters is 3. The first kappa shape index (κ1) is 45.6. The number of carbonyl (C=O) groups excluding carboxylic acids is 6. The van der Waals surface area contributed by atoms with Crippen molar-refractivity contribution in [2.24, 2.45) is 0 Å². The molecule has 0 aliphatic carbocycles. The molecule has 0 aromatic heterocycles. The van der Waals surface area contributed by atoms with Crippen LogP contribution in [-0.2, 0) is 71.5 Å². The van der Waals surface area contributed by atoms with Gasteiger partial charge in [0.1, 0.15) is 24.4 Å². The van der Waals surface area contributed by atoms with Gasteiger partial charge >= 0.3 is 17.9 Å². The molecule has 294 valence electrons. The highest BCUT2D eigenvalue weighted by molar-refractivity contribution is 5.76. The van der Waals surface area contributed by atoms with Gasteiger partial charge in [0.15, 0.2) is 18.5 Å². The smallest absolute Gasteiger partial charge is 0.303 e. The highest BCUT2D eigenvalue weighted by Crippen LogP contribution is 2.28. The quantitative estimate of drug-likeness (QED) is 0.0480. The molecule has 1 aliphatic heterocycles. The second-order valence-corrected chi connectivity index (χ2v) is 11.9. The zero-order chi connectivity index (χ0) is 38.2. The molecule has 18 nitrogen and oxygen atoms in total. The number of hydrogen-bond donors (Lipinski definition) is 3. The Labute approximate surface area is 299 Å². The van der Waals surface area contributed by atoms with Gasteiger partial charge in [0.2, 0.25) is 17.7 Å². The molecule has 1 saturated heterocycles. The van der Waals surface area contributed by atoms with Crippen LogP contribution < -0.4 is 16.1 Å². The average molecular weight is 736 g/mol. The summed E-state index contributed by atoms with van der Waals surface area (Å²) in [6.07, 6.45) is -1.45. The van der Waals surface area contributed by atoms with E-state index >= 15 is 0 Å². The molecule has 1 aliphatic rings. The van der Waals surface area contributed by atoms with Crippen LogP contribution in [0.4, 0.5) is 0 Å². The van der Waals surface area contributed by atoms with E-state index in [1.54, 1.807) is 0 Å². The van der Waals surface area contributed by atoms with Gasteiger partial charge in [0.05, 0.1) is 46.2 Å². The second kappa shape index (κ2) is 25.5. The SMILES string of the molecule is CCCC(CCC)(COCCC(=O)NCCOCCOCCOC1OC(COC(C)=O)C(OC(C)=O)C(OC(C)=O)C1NC(C)=O)ONC(C)=O. The molecule has 0 aromatic carbocycles. The number of ether oxygens (including phenoxy) is 8. The number of carbonyl (C=O) groups is 6. The Morgan fingerprint density at radius 1 is 0.706 bits per heavy atom. The fourth-order valence-electron chi connectivity index (χ4n) is 5.24. The molecule has 0 radical (unpaired) electrons. The maximum atomic E-state index is 12.2. The summed E-state index contributed by atoms with van der Waals surface area (Å²) >= 11 is 0. The molecule has 0 bridgehead atoms. The van der Waals surface area contributed by atoms with Gasteiger partial charge < -0.3 is 48.5 Å². The molecule has 1 heterocycles. The van der Waals surface area contributed by atoms with Crippen LogP contribution in [0.1, 0.15) is 80.6 Å². The van der Waals surface area contributed by atoms with Crippen molar-refractivity contribution in [3.63, 3.8) is 0 Å². The van der Waals surface area contributed by atoms with E-state index in [9.17, 15) is 28.8 Å². The van der Waals surface area contributed by atoms with Gasteiger partial charge in [-0.3, -0.25) is 33.6 Å². The van der Waals surface area contributed by atoms with E-state index in [1.807, 2.05) is 13.8 Å². The van der Waals surface area contributed by atoms with Crippen molar-refractivity contribution in [3.8, 4) is 0 Å². The molecule has 0 aromatic rings. The lowest BCUT2D eigenvalue weighted by Crippen LogP contribution is -2.66. The van der Waals surface area contributed by atoms with Crippen LogP contribution in [0.25, 0.3) is 0 Å². The minimum absolute atomic E-state index is 0.0123. The second-order valence-electron chi connectivity index (χ2n) is 11.9.